The van der Waals surface area contributed by atoms with Crippen LogP contribution in [0.4, 0.5) is 0 Å². The van der Waals surface area contributed by atoms with Crippen LogP contribution in [-0.2, 0) is 15.8 Å². The van der Waals surface area contributed by atoms with E-state index in [4.69, 9.17) is 17.3 Å². The summed E-state index contributed by atoms with van der Waals surface area (Å²) in [6.07, 6.45) is 1.69. The molecule has 1 saturated heterocycles. The first-order valence-electron chi connectivity index (χ1n) is 6.44. The summed E-state index contributed by atoms with van der Waals surface area (Å²) in [5, 5.41) is 0.503. The Balaban J connectivity index is 2.05. The van der Waals surface area contributed by atoms with E-state index in [0.717, 1.165) is 12.8 Å². The Hall–Kier alpha value is -0.620. The van der Waals surface area contributed by atoms with E-state index in [9.17, 15) is 8.42 Å². The summed E-state index contributed by atoms with van der Waals surface area (Å²) in [4.78, 5) is 0. The Bertz CT molecular complexity index is 525. The van der Waals surface area contributed by atoms with Crippen LogP contribution in [0.25, 0.3) is 0 Å². The first-order chi connectivity index (χ1) is 9.03. The van der Waals surface area contributed by atoms with Crippen molar-refractivity contribution in [3.8, 4) is 0 Å². The van der Waals surface area contributed by atoms with Crippen LogP contribution in [-0.4, -0.2) is 32.4 Å². The van der Waals surface area contributed by atoms with Crippen molar-refractivity contribution in [2.75, 3.05) is 19.6 Å². The van der Waals surface area contributed by atoms with Gasteiger partial charge in [-0.3, -0.25) is 0 Å². The van der Waals surface area contributed by atoms with Gasteiger partial charge in [0.25, 0.3) is 0 Å². The van der Waals surface area contributed by atoms with Crippen molar-refractivity contribution in [1.29, 1.82) is 0 Å². The molecule has 1 aromatic rings. The number of nitrogens with two attached hydrogens (primary N) is 1. The highest BCUT2D eigenvalue weighted by molar-refractivity contribution is 7.88. The highest BCUT2D eigenvalue weighted by atomic mass is 35.5. The molecule has 1 aliphatic heterocycles. The van der Waals surface area contributed by atoms with Gasteiger partial charge in [0.2, 0.25) is 10.0 Å². The fraction of sp³-hybridized carbons (Fsp3) is 0.538. The minimum Gasteiger partial charge on any atom is -0.330 e. The summed E-state index contributed by atoms with van der Waals surface area (Å²) in [6.45, 7) is 1.77. The van der Waals surface area contributed by atoms with Crippen LogP contribution in [0.2, 0.25) is 5.02 Å². The molecular formula is C13H19ClN2O2S. The predicted octanol–water partition coefficient (Wildman–Crippen LogP) is 1.84. The molecule has 0 aliphatic carbocycles. The van der Waals surface area contributed by atoms with Crippen LogP contribution in [0, 0.1) is 5.92 Å². The van der Waals surface area contributed by atoms with Crippen molar-refractivity contribution in [3.05, 3.63) is 34.9 Å². The molecule has 0 radical (unpaired) electrons. The van der Waals surface area contributed by atoms with Crippen molar-refractivity contribution in [2.45, 2.75) is 18.6 Å². The first-order valence-corrected chi connectivity index (χ1v) is 8.43. The Morgan fingerprint density at radius 1 is 1.26 bits per heavy atom. The van der Waals surface area contributed by atoms with E-state index in [2.05, 4.69) is 0 Å². The summed E-state index contributed by atoms with van der Waals surface area (Å²) < 4.78 is 26.2. The molecule has 1 aliphatic rings. The minimum absolute atomic E-state index is 0.0278. The number of nitrogens with zero attached hydrogens (tertiary/aromatic N) is 1. The summed E-state index contributed by atoms with van der Waals surface area (Å²) in [5.41, 5.74) is 6.27. The van der Waals surface area contributed by atoms with Crippen molar-refractivity contribution >= 4 is 21.6 Å². The third-order valence-electron chi connectivity index (χ3n) is 3.60. The molecule has 2 rings (SSSR count). The second kappa shape index (κ2) is 6.22. The monoisotopic (exact) mass is 302 g/mol. The topological polar surface area (TPSA) is 63.4 Å². The van der Waals surface area contributed by atoms with E-state index in [-0.39, 0.29) is 5.75 Å². The van der Waals surface area contributed by atoms with Gasteiger partial charge in [-0.15, -0.1) is 0 Å². The van der Waals surface area contributed by atoms with Crippen LogP contribution >= 0.6 is 11.6 Å². The molecule has 6 heteroatoms. The van der Waals surface area contributed by atoms with Gasteiger partial charge in [-0.1, -0.05) is 29.8 Å². The van der Waals surface area contributed by atoms with Gasteiger partial charge in [0.15, 0.2) is 0 Å². The third-order valence-corrected chi connectivity index (χ3v) is 5.79. The Kier molecular flexibility index (Phi) is 4.84. The zero-order valence-electron chi connectivity index (χ0n) is 10.8. The standard InChI is InChI=1S/C13H19ClN2O2S/c14-13-4-2-1-3-12(13)10-19(17,18)16-7-5-11(9-15)6-8-16/h1-4,11H,5-10,15H2. The van der Waals surface area contributed by atoms with Crippen molar-refractivity contribution in [3.63, 3.8) is 0 Å². The summed E-state index contributed by atoms with van der Waals surface area (Å²) in [5.74, 6) is 0.423. The maximum absolute atomic E-state index is 12.3. The lowest BCUT2D eigenvalue weighted by Gasteiger charge is -2.30. The third kappa shape index (κ3) is 3.69. The molecule has 2 N–H and O–H groups in total. The normalized spacial score (nSPS) is 18.6. The Labute approximate surface area is 119 Å². The molecule has 0 atom stereocenters. The molecule has 0 unspecified atom stereocenters. The SMILES string of the molecule is NCC1CCN(S(=O)(=O)Cc2ccccc2Cl)CC1. The number of halogens is 1. The molecule has 0 spiro atoms. The molecule has 0 saturated carbocycles. The molecule has 19 heavy (non-hydrogen) atoms. The molecule has 0 bridgehead atoms. The highest BCUT2D eigenvalue weighted by Gasteiger charge is 2.27. The van der Waals surface area contributed by atoms with E-state index in [1.807, 2.05) is 0 Å². The van der Waals surface area contributed by atoms with Crippen LogP contribution in [0.1, 0.15) is 18.4 Å². The molecule has 4 nitrogen and oxygen atoms in total. The second-order valence-electron chi connectivity index (χ2n) is 4.93. The molecular weight excluding hydrogens is 284 g/mol. The number of benzene rings is 1. The summed E-state index contributed by atoms with van der Waals surface area (Å²) in [6, 6.07) is 7.07. The smallest absolute Gasteiger partial charge is 0.218 e. The number of sulfonamides is 1. The maximum atomic E-state index is 12.3. The summed E-state index contributed by atoms with van der Waals surface area (Å²) in [7, 11) is -3.28. The number of hydrogen-bond acceptors (Lipinski definition) is 3. The fourth-order valence-corrected chi connectivity index (χ4v) is 4.20. The van der Waals surface area contributed by atoms with Gasteiger partial charge in [-0.05, 0) is 36.9 Å². The van der Waals surface area contributed by atoms with Gasteiger partial charge in [0, 0.05) is 18.1 Å². The van der Waals surface area contributed by atoms with E-state index in [1.54, 1.807) is 28.6 Å². The van der Waals surface area contributed by atoms with Gasteiger partial charge in [-0.2, -0.15) is 0 Å². The number of piperidine rings is 1. The molecule has 1 fully saturated rings. The number of rotatable bonds is 4. The van der Waals surface area contributed by atoms with Crippen LogP contribution in [0.15, 0.2) is 24.3 Å². The lowest BCUT2D eigenvalue weighted by Crippen LogP contribution is -2.40. The average molecular weight is 303 g/mol. The second-order valence-corrected chi connectivity index (χ2v) is 7.30. The van der Waals surface area contributed by atoms with Crippen LogP contribution in [0.3, 0.4) is 0 Å². The fourth-order valence-electron chi connectivity index (χ4n) is 2.33. The lowest BCUT2D eigenvalue weighted by atomic mass is 9.99. The van der Waals surface area contributed by atoms with E-state index < -0.39 is 10.0 Å². The van der Waals surface area contributed by atoms with Crippen LogP contribution < -0.4 is 5.73 Å². The minimum atomic E-state index is -3.28. The van der Waals surface area contributed by atoms with Gasteiger partial charge >= 0.3 is 0 Å². The maximum Gasteiger partial charge on any atom is 0.218 e. The Morgan fingerprint density at radius 2 is 1.89 bits per heavy atom. The van der Waals surface area contributed by atoms with E-state index >= 15 is 0 Å². The van der Waals surface area contributed by atoms with Gasteiger partial charge in [0.1, 0.15) is 0 Å². The van der Waals surface area contributed by atoms with Crippen molar-refractivity contribution < 1.29 is 8.42 Å². The van der Waals surface area contributed by atoms with E-state index in [1.165, 1.54) is 0 Å². The Morgan fingerprint density at radius 3 is 2.47 bits per heavy atom. The lowest BCUT2D eigenvalue weighted by molar-refractivity contribution is 0.278. The number of hydrogen-bond donors (Lipinski definition) is 1. The first kappa shape index (κ1) is 14.8. The molecule has 106 valence electrons. The van der Waals surface area contributed by atoms with Gasteiger partial charge in [0.05, 0.1) is 5.75 Å². The van der Waals surface area contributed by atoms with Crippen LogP contribution in [0.5, 0.6) is 0 Å². The highest BCUT2D eigenvalue weighted by Crippen LogP contribution is 2.23. The van der Waals surface area contributed by atoms with Crippen molar-refractivity contribution in [2.24, 2.45) is 11.7 Å². The average Bonchev–Trinajstić information content (AvgIpc) is 2.41. The zero-order valence-corrected chi connectivity index (χ0v) is 12.3. The van der Waals surface area contributed by atoms with E-state index in [0.29, 0.717) is 36.1 Å². The quantitative estimate of drug-likeness (QED) is 0.923. The predicted molar refractivity (Wildman–Crippen MR) is 77.4 cm³/mol. The van der Waals surface area contributed by atoms with Crippen molar-refractivity contribution in [1.82, 2.24) is 4.31 Å². The largest absolute Gasteiger partial charge is 0.330 e. The molecule has 0 aromatic heterocycles. The molecule has 0 amide bonds. The molecule has 1 heterocycles. The summed E-state index contributed by atoms with van der Waals surface area (Å²) >= 11 is 6.02. The van der Waals surface area contributed by atoms with Gasteiger partial charge < -0.3 is 5.73 Å². The zero-order chi connectivity index (χ0) is 13.9. The molecule has 1 aromatic carbocycles. The van der Waals surface area contributed by atoms with Gasteiger partial charge in [-0.25, -0.2) is 12.7 Å².